The highest BCUT2D eigenvalue weighted by molar-refractivity contribution is 7.89. The molecule has 0 saturated carbocycles. The Morgan fingerprint density at radius 3 is 2.14 bits per heavy atom. The molecule has 1 atom stereocenters. The van der Waals surface area contributed by atoms with Gasteiger partial charge in [-0.1, -0.05) is 56.3 Å². The van der Waals surface area contributed by atoms with E-state index < -0.39 is 10.0 Å². The predicted molar refractivity (Wildman–Crippen MR) is 116 cm³/mol. The summed E-state index contributed by atoms with van der Waals surface area (Å²) in [6, 6.07) is 16.9. The highest BCUT2D eigenvalue weighted by Gasteiger charge is 2.21. The minimum atomic E-state index is -3.46. The molecule has 1 unspecified atom stereocenters. The highest BCUT2D eigenvalue weighted by Crippen LogP contribution is 2.18. The van der Waals surface area contributed by atoms with Crippen molar-refractivity contribution in [1.82, 2.24) is 14.5 Å². The predicted octanol–water partition coefficient (Wildman–Crippen LogP) is 3.03. The third kappa shape index (κ3) is 6.13. The van der Waals surface area contributed by atoms with Crippen LogP contribution in [-0.4, -0.2) is 50.2 Å². The Morgan fingerprint density at radius 1 is 1.00 bits per heavy atom. The molecule has 0 radical (unpaired) electrons. The van der Waals surface area contributed by atoms with Crippen LogP contribution in [0.15, 0.2) is 59.5 Å². The van der Waals surface area contributed by atoms with E-state index in [9.17, 15) is 13.2 Å². The van der Waals surface area contributed by atoms with Gasteiger partial charge in [0, 0.05) is 25.7 Å². The average Bonchev–Trinajstić information content (AvgIpc) is 2.73. The zero-order valence-corrected chi connectivity index (χ0v) is 18.4. The Morgan fingerprint density at radius 2 is 1.59 bits per heavy atom. The maximum absolute atomic E-state index is 12.5. The summed E-state index contributed by atoms with van der Waals surface area (Å²) in [4.78, 5) is 14.6. The number of amides is 1. The Labute approximate surface area is 174 Å². The standard InChI is InChI=1S/C22H31N3O3S/c1-5-25(6-2)29(27,28)21-14-12-19(13-15-21)16-23-22(26)17-24(4)18(3)20-10-8-7-9-11-20/h7-15,18H,5-6,16-17H2,1-4H3,(H,23,26). The third-order valence-corrected chi connectivity index (χ3v) is 7.16. The Bertz CT molecular complexity index is 879. The number of hydrogen-bond acceptors (Lipinski definition) is 4. The zero-order chi connectivity index (χ0) is 21.4. The van der Waals surface area contributed by atoms with E-state index in [0.717, 1.165) is 11.1 Å². The molecule has 0 aromatic heterocycles. The Balaban J connectivity index is 1.90. The van der Waals surface area contributed by atoms with Gasteiger partial charge in [-0.15, -0.1) is 0 Å². The second kappa shape index (κ2) is 10.5. The minimum absolute atomic E-state index is 0.0740. The fourth-order valence-electron chi connectivity index (χ4n) is 3.10. The van der Waals surface area contributed by atoms with Crippen molar-refractivity contribution >= 4 is 15.9 Å². The molecule has 0 aliphatic rings. The molecule has 29 heavy (non-hydrogen) atoms. The van der Waals surface area contributed by atoms with Crippen molar-refractivity contribution in [2.75, 3.05) is 26.7 Å². The second-order valence-corrected chi connectivity index (χ2v) is 8.95. The second-order valence-electron chi connectivity index (χ2n) is 7.01. The number of sulfonamides is 1. The molecule has 2 aromatic rings. The maximum atomic E-state index is 12.5. The van der Waals surface area contributed by atoms with Crippen LogP contribution >= 0.6 is 0 Å². The van der Waals surface area contributed by atoms with Crippen LogP contribution in [0.5, 0.6) is 0 Å². The molecule has 0 heterocycles. The fraction of sp³-hybridized carbons (Fsp3) is 0.409. The van der Waals surface area contributed by atoms with Gasteiger partial charge in [0.25, 0.3) is 0 Å². The van der Waals surface area contributed by atoms with Gasteiger partial charge < -0.3 is 5.32 Å². The molecule has 0 spiro atoms. The molecule has 2 rings (SSSR count). The first-order valence-electron chi connectivity index (χ1n) is 9.90. The molecule has 1 N–H and O–H groups in total. The first-order valence-corrected chi connectivity index (χ1v) is 11.3. The van der Waals surface area contributed by atoms with E-state index in [1.54, 1.807) is 24.3 Å². The summed E-state index contributed by atoms with van der Waals surface area (Å²) < 4.78 is 26.5. The SMILES string of the molecule is CCN(CC)S(=O)(=O)c1ccc(CNC(=O)CN(C)C(C)c2ccccc2)cc1. The summed E-state index contributed by atoms with van der Waals surface area (Å²) in [6.07, 6.45) is 0. The normalized spacial score (nSPS) is 12.9. The van der Waals surface area contributed by atoms with Crippen LogP contribution in [0.3, 0.4) is 0 Å². The molecule has 6 nitrogen and oxygen atoms in total. The van der Waals surface area contributed by atoms with E-state index in [2.05, 4.69) is 12.2 Å². The molecule has 0 saturated heterocycles. The number of hydrogen-bond donors (Lipinski definition) is 1. The fourth-order valence-corrected chi connectivity index (χ4v) is 4.56. The molecule has 0 aliphatic carbocycles. The third-order valence-electron chi connectivity index (χ3n) is 5.09. The van der Waals surface area contributed by atoms with Crippen molar-refractivity contribution in [3.05, 3.63) is 65.7 Å². The zero-order valence-electron chi connectivity index (χ0n) is 17.6. The van der Waals surface area contributed by atoms with Gasteiger partial charge in [-0.3, -0.25) is 9.69 Å². The van der Waals surface area contributed by atoms with Gasteiger partial charge in [0.15, 0.2) is 0 Å². The topological polar surface area (TPSA) is 69.7 Å². The van der Waals surface area contributed by atoms with Crippen molar-refractivity contribution in [1.29, 1.82) is 0 Å². The molecule has 158 valence electrons. The molecule has 0 fully saturated rings. The number of rotatable bonds is 10. The Kier molecular flexibility index (Phi) is 8.37. The number of nitrogens with zero attached hydrogens (tertiary/aromatic N) is 2. The van der Waals surface area contributed by atoms with Gasteiger partial charge in [-0.05, 0) is 37.2 Å². The van der Waals surface area contributed by atoms with E-state index in [-0.39, 0.29) is 23.4 Å². The molecule has 1 amide bonds. The molecular weight excluding hydrogens is 386 g/mol. The van der Waals surface area contributed by atoms with Crippen LogP contribution in [0.2, 0.25) is 0 Å². The number of carbonyl (C=O) groups excluding carboxylic acids is 1. The molecule has 0 aliphatic heterocycles. The molecule has 2 aromatic carbocycles. The van der Waals surface area contributed by atoms with E-state index in [4.69, 9.17) is 0 Å². The van der Waals surface area contributed by atoms with Gasteiger partial charge >= 0.3 is 0 Å². The Hall–Kier alpha value is -2.22. The molecule has 0 bridgehead atoms. The van der Waals surface area contributed by atoms with Crippen LogP contribution in [0.1, 0.15) is 37.9 Å². The van der Waals surface area contributed by atoms with Crippen LogP contribution in [0.25, 0.3) is 0 Å². The van der Waals surface area contributed by atoms with Crippen molar-refractivity contribution in [2.45, 2.75) is 38.3 Å². The largest absolute Gasteiger partial charge is 0.351 e. The van der Waals surface area contributed by atoms with Gasteiger partial charge in [-0.25, -0.2) is 8.42 Å². The van der Waals surface area contributed by atoms with E-state index in [1.807, 2.05) is 56.1 Å². The first kappa shape index (κ1) is 23.1. The summed E-state index contributed by atoms with van der Waals surface area (Å²) in [5.41, 5.74) is 2.02. The van der Waals surface area contributed by atoms with E-state index in [0.29, 0.717) is 19.6 Å². The van der Waals surface area contributed by atoms with Gasteiger partial charge in [0.05, 0.1) is 11.4 Å². The molecular formula is C22H31N3O3S. The van der Waals surface area contributed by atoms with Crippen LogP contribution in [0, 0.1) is 0 Å². The van der Waals surface area contributed by atoms with Crippen molar-refractivity contribution in [3.63, 3.8) is 0 Å². The van der Waals surface area contributed by atoms with Crippen LogP contribution in [0.4, 0.5) is 0 Å². The lowest BCUT2D eigenvalue weighted by Gasteiger charge is -2.24. The van der Waals surface area contributed by atoms with E-state index >= 15 is 0 Å². The van der Waals surface area contributed by atoms with Crippen molar-refractivity contribution < 1.29 is 13.2 Å². The van der Waals surface area contributed by atoms with Crippen LogP contribution in [-0.2, 0) is 21.4 Å². The number of likely N-dealkylation sites (N-methyl/N-ethyl adjacent to an activating group) is 1. The van der Waals surface area contributed by atoms with Gasteiger partial charge in [-0.2, -0.15) is 4.31 Å². The number of carbonyl (C=O) groups is 1. The lowest BCUT2D eigenvalue weighted by Crippen LogP contribution is -2.36. The summed E-state index contributed by atoms with van der Waals surface area (Å²) in [5.74, 6) is -0.0740. The highest BCUT2D eigenvalue weighted by atomic mass is 32.2. The minimum Gasteiger partial charge on any atom is -0.351 e. The first-order chi connectivity index (χ1) is 13.8. The lowest BCUT2D eigenvalue weighted by molar-refractivity contribution is -0.122. The maximum Gasteiger partial charge on any atom is 0.243 e. The summed E-state index contributed by atoms with van der Waals surface area (Å²) >= 11 is 0. The summed E-state index contributed by atoms with van der Waals surface area (Å²) in [7, 11) is -1.54. The summed E-state index contributed by atoms with van der Waals surface area (Å²) in [5, 5.41) is 2.90. The van der Waals surface area contributed by atoms with Crippen molar-refractivity contribution in [2.24, 2.45) is 0 Å². The quantitative estimate of drug-likeness (QED) is 0.645. The molecule has 7 heteroatoms. The van der Waals surface area contributed by atoms with Crippen LogP contribution < -0.4 is 5.32 Å². The van der Waals surface area contributed by atoms with Crippen molar-refractivity contribution in [3.8, 4) is 0 Å². The lowest BCUT2D eigenvalue weighted by atomic mass is 10.1. The monoisotopic (exact) mass is 417 g/mol. The number of nitrogens with one attached hydrogen (secondary N) is 1. The summed E-state index contributed by atoms with van der Waals surface area (Å²) in [6.45, 7) is 7.22. The average molecular weight is 418 g/mol. The van der Waals surface area contributed by atoms with E-state index in [1.165, 1.54) is 4.31 Å². The van der Waals surface area contributed by atoms with Gasteiger partial charge in [0.1, 0.15) is 0 Å². The van der Waals surface area contributed by atoms with Gasteiger partial charge in [0.2, 0.25) is 15.9 Å². The smallest absolute Gasteiger partial charge is 0.243 e. The number of benzene rings is 2.